The first-order chi connectivity index (χ1) is 37.2. The molecule has 4 saturated carbocycles. The summed E-state index contributed by atoms with van der Waals surface area (Å²) in [5.41, 5.74) is -0.472. The van der Waals surface area contributed by atoms with Crippen molar-refractivity contribution in [3.8, 4) is 0 Å². The van der Waals surface area contributed by atoms with Crippen LogP contribution in [0.1, 0.15) is 91.9 Å². The zero-order valence-electron chi connectivity index (χ0n) is 45.3. The number of aliphatic hydroxyl groups is 15. The maximum Gasteiger partial charge on any atom is 0.187 e. The van der Waals surface area contributed by atoms with E-state index in [1.165, 1.54) is 0 Å². The first-order valence-electron chi connectivity index (χ1n) is 28.5. The van der Waals surface area contributed by atoms with Crippen LogP contribution in [0.3, 0.4) is 0 Å². The molecule has 15 N–H and O–H groups in total. The van der Waals surface area contributed by atoms with Crippen LogP contribution in [-0.2, 0) is 47.4 Å². The van der Waals surface area contributed by atoms with Gasteiger partial charge in [0.05, 0.1) is 71.2 Å². The highest BCUT2D eigenvalue weighted by Gasteiger charge is 2.67. The molecule has 25 heteroatoms. The van der Waals surface area contributed by atoms with Crippen LogP contribution in [0.15, 0.2) is 0 Å². The van der Waals surface area contributed by atoms with E-state index >= 15 is 0 Å². The van der Waals surface area contributed by atoms with Crippen LogP contribution in [0, 0.1) is 46.3 Å². The summed E-state index contributed by atoms with van der Waals surface area (Å²) in [7, 11) is 0. The van der Waals surface area contributed by atoms with Crippen molar-refractivity contribution in [3.63, 3.8) is 0 Å². The summed E-state index contributed by atoms with van der Waals surface area (Å²) in [4.78, 5) is 0. The van der Waals surface area contributed by atoms with E-state index in [9.17, 15) is 76.6 Å². The Morgan fingerprint density at radius 2 is 0.974 bits per heavy atom. The highest BCUT2D eigenvalue weighted by atomic mass is 16.8. The highest BCUT2D eigenvalue weighted by Crippen LogP contribution is 2.69. The van der Waals surface area contributed by atoms with Gasteiger partial charge in [-0.25, -0.2) is 0 Å². The van der Waals surface area contributed by atoms with E-state index in [0.29, 0.717) is 37.5 Å². The van der Waals surface area contributed by atoms with Crippen molar-refractivity contribution in [2.45, 2.75) is 233 Å². The topological polar surface area (TPSA) is 396 Å². The first kappa shape index (κ1) is 63.0. The predicted molar refractivity (Wildman–Crippen MR) is 265 cm³/mol. The minimum absolute atomic E-state index is 0.0640. The van der Waals surface area contributed by atoms with E-state index in [-0.39, 0.29) is 73.1 Å². The third-order valence-electron chi connectivity index (χ3n) is 19.8. The average molecular weight is 1130 g/mol. The molecule has 31 atom stereocenters. The molecule has 0 aromatic rings. The van der Waals surface area contributed by atoms with Crippen LogP contribution in [0.2, 0.25) is 0 Å². The normalized spacial score (nSPS) is 51.1. The van der Waals surface area contributed by atoms with Gasteiger partial charge >= 0.3 is 0 Å². The Labute approximate surface area is 455 Å². The summed E-state index contributed by atoms with van der Waals surface area (Å²) in [6.45, 7) is 6.39. The lowest BCUT2D eigenvalue weighted by Crippen LogP contribution is -2.64. The van der Waals surface area contributed by atoms with Crippen molar-refractivity contribution in [2.24, 2.45) is 46.3 Å². The average Bonchev–Trinajstić information content (AvgIpc) is 3.80. The minimum atomic E-state index is -1.80. The van der Waals surface area contributed by atoms with Crippen molar-refractivity contribution in [2.75, 3.05) is 52.9 Å². The molecule has 0 bridgehead atoms. The lowest BCUT2D eigenvalue weighted by atomic mass is 9.43. The van der Waals surface area contributed by atoms with Crippen molar-refractivity contribution < 1.29 is 124 Å². The molecular weight excluding hydrogens is 1040 g/mol. The predicted octanol–water partition coefficient (Wildman–Crippen LogP) is -3.90. The number of rotatable bonds is 22. The van der Waals surface area contributed by atoms with Gasteiger partial charge in [0.2, 0.25) is 0 Å². The Bertz CT molecular complexity index is 1840. The van der Waals surface area contributed by atoms with Crippen molar-refractivity contribution in [1.82, 2.24) is 0 Å². The summed E-state index contributed by atoms with van der Waals surface area (Å²) in [6.07, 6.45) is -24.0. The molecule has 8 rings (SSSR count). The number of fused-ring (bicyclic) bond motifs is 5. The molecule has 25 nitrogen and oxygen atoms in total. The molecule has 4 saturated heterocycles. The molecule has 78 heavy (non-hydrogen) atoms. The summed E-state index contributed by atoms with van der Waals surface area (Å²) >= 11 is 0. The van der Waals surface area contributed by atoms with E-state index in [0.717, 1.165) is 38.5 Å². The highest BCUT2D eigenvalue weighted by molar-refractivity contribution is 5.15. The fraction of sp³-hybridized carbons (Fsp3) is 1.00. The number of hydrogen-bond acceptors (Lipinski definition) is 25. The second-order valence-electron chi connectivity index (χ2n) is 24.1. The van der Waals surface area contributed by atoms with Crippen LogP contribution >= 0.6 is 0 Å². The zero-order chi connectivity index (χ0) is 56.5. The van der Waals surface area contributed by atoms with E-state index in [1.54, 1.807) is 0 Å². The second-order valence-corrected chi connectivity index (χ2v) is 24.1. The zero-order valence-corrected chi connectivity index (χ0v) is 45.3. The Balaban J connectivity index is 0.931. The molecule has 8 aliphatic rings. The fourth-order valence-corrected chi connectivity index (χ4v) is 15.3. The van der Waals surface area contributed by atoms with Gasteiger partial charge in [0, 0.05) is 5.41 Å². The van der Waals surface area contributed by atoms with Gasteiger partial charge < -0.3 is 124 Å². The van der Waals surface area contributed by atoms with Gasteiger partial charge in [0.15, 0.2) is 25.2 Å². The summed E-state index contributed by atoms with van der Waals surface area (Å²) < 4.78 is 60.0. The Morgan fingerprint density at radius 3 is 1.47 bits per heavy atom. The van der Waals surface area contributed by atoms with Crippen molar-refractivity contribution in [1.29, 1.82) is 0 Å². The molecule has 0 aromatic carbocycles. The van der Waals surface area contributed by atoms with Gasteiger partial charge in [0.25, 0.3) is 0 Å². The minimum Gasteiger partial charge on any atom is -0.394 e. The van der Waals surface area contributed by atoms with Gasteiger partial charge in [-0.15, -0.1) is 0 Å². The van der Waals surface area contributed by atoms with Gasteiger partial charge in [-0.3, -0.25) is 0 Å². The van der Waals surface area contributed by atoms with E-state index < -0.39 is 155 Å². The number of unbranched alkanes of at least 4 members (excludes halogenated alkanes) is 1. The quantitative estimate of drug-likeness (QED) is 0.0461. The molecule has 454 valence electrons. The van der Waals surface area contributed by atoms with Gasteiger partial charge in [-0.2, -0.15) is 0 Å². The third kappa shape index (κ3) is 12.4. The number of aliphatic hydroxyl groups excluding tert-OH is 15. The first-order valence-corrected chi connectivity index (χ1v) is 28.5. The maximum absolute atomic E-state index is 11.3. The summed E-state index contributed by atoms with van der Waals surface area (Å²) in [6, 6.07) is 0. The van der Waals surface area contributed by atoms with Gasteiger partial charge in [-0.05, 0) is 85.9 Å². The number of hydrogen-bond donors (Lipinski definition) is 15. The summed E-state index contributed by atoms with van der Waals surface area (Å²) in [5.74, 6) is 1.20. The molecular formula is C53H92O25. The lowest BCUT2D eigenvalue weighted by Gasteiger charge is -2.64. The lowest BCUT2D eigenvalue weighted by molar-refractivity contribution is -0.360. The molecule has 0 spiro atoms. The molecule has 0 radical (unpaired) electrons. The van der Waals surface area contributed by atoms with Crippen molar-refractivity contribution in [3.05, 3.63) is 0 Å². The van der Waals surface area contributed by atoms with Gasteiger partial charge in [-0.1, -0.05) is 47.0 Å². The fourth-order valence-electron chi connectivity index (χ4n) is 15.3. The molecule has 4 aliphatic heterocycles. The Kier molecular flexibility index (Phi) is 21.8. The monoisotopic (exact) mass is 1130 g/mol. The molecule has 8 unspecified atom stereocenters. The number of ether oxygens (including phenoxy) is 10. The molecule has 4 heterocycles. The molecule has 0 aromatic heterocycles. The van der Waals surface area contributed by atoms with Gasteiger partial charge in [0.1, 0.15) is 97.7 Å². The van der Waals surface area contributed by atoms with Crippen molar-refractivity contribution >= 4 is 0 Å². The standard InChI is InChI=1S/C53H92O25/c1-5-6-7-23(2)26-8-9-27-35-28(18-34(53(26,27)4)70-13-15-72-49-45(68)41(64)47(33(22-57)76-49)78-51-43(66)39(62)37(60)31(20-55)74-51)52(3)11-10-25(58)16-24(52)17-29(35)69-12-14-71-48-44(67)40(63)46(32(21-56)75-48)77-50-42(65)38(61)36(59)30(19-54)73-50/h23-51,54-68H,5-22H2,1-4H3/t23-,24+,25-,26-,27+,28+,29-,30?,31?,32?,33?,34+,35+,36-,37-,38+,39+,40-,41-,42?,43?,44?,45?,46-,47-,48-,49-,50-,51-,52+,53-/m1/s1. The smallest absolute Gasteiger partial charge is 0.187 e. The molecule has 8 fully saturated rings. The van der Waals surface area contributed by atoms with Crippen LogP contribution in [0.25, 0.3) is 0 Å². The molecule has 4 aliphatic carbocycles. The summed E-state index contributed by atoms with van der Waals surface area (Å²) in [5, 5.41) is 158. The Morgan fingerprint density at radius 1 is 0.500 bits per heavy atom. The van der Waals surface area contributed by atoms with E-state index in [1.807, 2.05) is 0 Å². The van der Waals surface area contributed by atoms with Crippen LogP contribution < -0.4 is 0 Å². The van der Waals surface area contributed by atoms with Crippen LogP contribution in [0.4, 0.5) is 0 Å². The maximum atomic E-state index is 11.3. The molecule has 0 amide bonds. The SMILES string of the molecule is CCCC[C@@H](C)[C@H]1CC[C@H]2[C@@H]3[C@H](OCCO[C@@H]4OC(CO)[C@@H](O[C@H]5OC(CO)[C@@H](O)[C@H](O)C5O)[C@H](O)C4O)C[C@@H]4C[C@H](O)CC[C@]4(C)[C@H]3C[C@H](OCCO[C@@H]3OC(CO)[C@@H](O[C@H]4OC(CO)[C@@H](O)[C@H](O)C4O)[C@H](O)C3O)[C@]12C. The Hall–Kier alpha value is -1.00. The van der Waals surface area contributed by atoms with Crippen LogP contribution in [0.5, 0.6) is 0 Å². The van der Waals surface area contributed by atoms with E-state index in [4.69, 9.17) is 47.4 Å². The van der Waals surface area contributed by atoms with E-state index in [2.05, 4.69) is 27.7 Å². The third-order valence-corrected chi connectivity index (χ3v) is 19.8. The van der Waals surface area contributed by atoms with Crippen LogP contribution in [-0.4, -0.2) is 271 Å². The second kappa shape index (κ2) is 26.9. The largest absolute Gasteiger partial charge is 0.394 e.